The smallest absolute Gasteiger partial charge is 0.253 e. The molecule has 1 aliphatic heterocycles. The van der Waals surface area contributed by atoms with Crippen molar-refractivity contribution in [1.29, 1.82) is 0 Å². The molecule has 0 atom stereocenters. The molecule has 1 aliphatic rings. The van der Waals surface area contributed by atoms with E-state index in [1.807, 2.05) is 24.3 Å². The van der Waals surface area contributed by atoms with E-state index in [0.29, 0.717) is 16.4 Å². The van der Waals surface area contributed by atoms with Crippen LogP contribution in [0, 0.1) is 19.0 Å². The number of fused-ring (bicyclic) bond motifs is 10. The van der Waals surface area contributed by atoms with Crippen molar-refractivity contribution in [3.8, 4) is 73.2 Å². The van der Waals surface area contributed by atoms with E-state index in [-0.39, 0.29) is 77.5 Å². The van der Waals surface area contributed by atoms with Crippen LogP contribution in [0.2, 0.25) is 0 Å². The first-order valence-electron chi connectivity index (χ1n) is 39.4. The van der Waals surface area contributed by atoms with Crippen LogP contribution < -0.4 is 30.1 Å². The van der Waals surface area contributed by atoms with Crippen LogP contribution in [0.25, 0.3) is 94.5 Å². The van der Waals surface area contributed by atoms with Gasteiger partial charge in [0.2, 0.25) is 0 Å². The summed E-state index contributed by atoms with van der Waals surface area (Å²) in [6.07, 6.45) is 2.83. The number of imidazole rings is 1. The fourth-order valence-corrected chi connectivity index (χ4v) is 14.1. The van der Waals surface area contributed by atoms with Gasteiger partial charge in [0.1, 0.15) is 11.5 Å². The first kappa shape index (κ1) is 26.5. The summed E-state index contributed by atoms with van der Waals surface area (Å²) in [5.41, 5.74) is -2.55. The Morgan fingerprint density at radius 2 is 1.12 bits per heavy atom. The Kier molecular flexibility index (Phi) is 6.64. The predicted molar refractivity (Wildman–Crippen MR) is 325 cm³/mol. The summed E-state index contributed by atoms with van der Waals surface area (Å²) >= 11 is 0. The van der Waals surface area contributed by atoms with Crippen LogP contribution in [0.4, 0.5) is 0 Å². The van der Waals surface area contributed by atoms with Crippen molar-refractivity contribution in [3.63, 3.8) is 0 Å². The fourth-order valence-electron chi connectivity index (χ4n) is 10.6. The molecule has 0 unspecified atom stereocenters. The summed E-state index contributed by atoms with van der Waals surface area (Å²) in [4.78, 5) is 4.56. The van der Waals surface area contributed by atoms with Gasteiger partial charge < -0.3 is 9.30 Å². The molecule has 5 nitrogen and oxygen atoms in total. The third-order valence-electron chi connectivity index (χ3n) is 13.8. The molecule has 0 saturated carbocycles. The van der Waals surface area contributed by atoms with Crippen LogP contribution in [-0.2, 0) is 21.1 Å². The van der Waals surface area contributed by atoms with Crippen molar-refractivity contribution in [1.82, 2.24) is 14.1 Å². The van der Waals surface area contributed by atoms with Gasteiger partial charge in [-0.05, 0) is 96.7 Å². The quantitative estimate of drug-likeness (QED) is 0.0625. The van der Waals surface area contributed by atoms with Gasteiger partial charge in [-0.15, -0.1) is 29.7 Å². The number of hydrogen-bond donors (Lipinski definition) is 0. The molecule has 15 rings (SSSR count). The molecule has 4 heterocycles. The standard InChI is InChI=1S/C73H49N4OSi.Pt/c1-50-43-44-74-71(45-50)77-68-37-17-16-33-63(68)64-41-39-54(47-70(64)77)78-53-24-18-23-52(46-53)75-49-76-72-59(51-21-6-2-7-22-51)34-19-35-66(72)67-48-58(40-42-62(67)60-31-14-15-32-61(60)65-36-20-38-69(75)73(65)76)79(55-25-8-3-9-26-55,56-27-10-4-11-28-56)57-29-12-5-13-30-57;/h2-45,48-49H,1H3;/q-1;/i1D3,2D,3D,4D,5D,6D,7D,8D,9D,10D,11D,12D,13D,14D,15D,21D,22D,25D,26D,27D,28D,29D,30D,31D,32D,40D,42D,48D;. The summed E-state index contributed by atoms with van der Waals surface area (Å²) in [6, 6.07) is 4.38. The van der Waals surface area contributed by atoms with Gasteiger partial charge in [-0.3, -0.25) is 0 Å². The van der Waals surface area contributed by atoms with E-state index in [1.54, 1.807) is 45.5 Å². The summed E-state index contributed by atoms with van der Waals surface area (Å²) < 4.78 is 295. The normalized spacial score (nSPS) is 17.1. The second-order valence-electron chi connectivity index (χ2n) is 18.1. The van der Waals surface area contributed by atoms with Gasteiger partial charge >= 0.3 is 0 Å². The second kappa shape index (κ2) is 20.1. The molecule has 0 bridgehead atoms. The maximum atomic E-state index is 11.3. The Labute approximate surface area is 522 Å². The van der Waals surface area contributed by atoms with E-state index in [9.17, 15) is 28.8 Å². The molecule has 0 saturated heterocycles. The molecular formula is C73H49N4OPtSi-. The first-order valence-corrected chi connectivity index (χ1v) is 26.4. The van der Waals surface area contributed by atoms with Gasteiger partial charge in [0.25, 0.3) is 6.33 Å². The van der Waals surface area contributed by atoms with Crippen molar-refractivity contribution < 1.29 is 71.5 Å². The molecule has 0 amide bonds. The molecule has 14 aromatic rings. The zero-order chi connectivity index (χ0) is 78.4. The molecule has 80 heavy (non-hydrogen) atoms. The minimum absolute atomic E-state index is 0. The van der Waals surface area contributed by atoms with Crippen molar-refractivity contribution in [2.75, 3.05) is 0 Å². The number of nitrogens with zero attached hydrogens (tertiary/aromatic N) is 4. The zero-order valence-corrected chi connectivity index (χ0v) is 44.3. The zero-order valence-electron chi connectivity index (χ0n) is 71.0. The average Bonchev–Trinajstić information content (AvgIpc) is 0.794. The second-order valence-corrected chi connectivity index (χ2v) is 21.6. The Morgan fingerprint density at radius 3 is 1.86 bits per heavy atom. The largest absolute Gasteiger partial charge is 0.509 e. The monoisotopic (exact) mass is 1250 g/mol. The number of hydrogen-bond acceptors (Lipinski definition) is 2. The van der Waals surface area contributed by atoms with Crippen molar-refractivity contribution >= 4 is 61.7 Å². The molecule has 0 aliphatic carbocycles. The molecule has 7 heteroatoms. The molecule has 0 radical (unpaired) electrons. The van der Waals surface area contributed by atoms with Gasteiger partial charge in [0.15, 0.2) is 19.1 Å². The van der Waals surface area contributed by atoms with Crippen LogP contribution in [0.5, 0.6) is 11.5 Å². The summed E-state index contributed by atoms with van der Waals surface area (Å²) in [6.45, 7) is -2.48. The van der Waals surface area contributed by atoms with Crippen LogP contribution in [-0.4, -0.2) is 22.2 Å². The van der Waals surface area contributed by atoms with Crippen molar-refractivity contribution in [3.05, 3.63) is 296 Å². The molecule has 3 aromatic heterocycles. The Balaban J connectivity index is 0.0000101. The molecule has 382 valence electrons. The maximum absolute atomic E-state index is 11.3. The van der Waals surface area contributed by atoms with Crippen LogP contribution in [0.15, 0.2) is 279 Å². The Morgan fingerprint density at radius 1 is 0.512 bits per heavy atom. The van der Waals surface area contributed by atoms with Gasteiger partial charge in [-0.1, -0.05) is 217 Å². The number of pyridine rings is 1. The first-order chi connectivity index (χ1) is 51.5. The summed E-state index contributed by atoms with van der Waals surface area (Å²) in [5, 5.41) is -3.02. The van der Waals surface area contributed by atoms with Gasteiger partial charge in [-0.2, -0.15) is 16.7 Å². The van der Waals surface area contributed by atoms with Gasteiger partial charge in [0, 0.05) is 70.8 Å². The van der Waals surface area contributed by atoms with E-state index in [4.69, 9.17) is 17.1 Å². The molecular weight excluding hydrogens is 1170 g/mol. The minimum atomic E-state index is -6.58. The third-order valence-corrected chi connectivity index (χ3v) is 17.8. The summed E-state index contributed by atoms with van der Waals surface area (Å²) in [5.74, 6) is 0.475. The van der Waals surface area contributed by atoms with E-state index in [2.05, 4.69) is 17.1 Å². The number of aryl methyl sites for hydroxylation is 1. The van der Waals surface area contributed by atoms with Crippen LogP contribution in [0.3, 0.4) is 0 Å². The topological polar surface area (TPSA) is 35.9 Å². The van der Waals surface area contributed by atoms with Crippen LogP contribution >= 0.6 is 0 Å². The molecule has 0 fully saturated rings. The minimum Gasteiger partial charge on any atom is -0.509 e. The van der Waals surface area contributed by atoms with E-state index >= 15 is 0 Å². The van der Waals surface area contributed by atoms with Gasteiger partial charge in [-0.25, -0.2) is 9.55 Å². The van der Waals surface area contributed by atoms with E-state index in [0.717, 1.165) is 5.39 Å². The Bertz CT molecular complexity index is 6170. The van der Waals surface area contributed by atoms with Crippen molar-refractivity contribution in [2.24, 2.45) is 0 Å². The third kappa shape index (κ3) is 7.93. The fraction of sp³-hybridized carbons (Fsp3) is 0.0137. The number of para-hydroxylation sites is 3. The SMILES string of the molecule is [2H]c1c([2H])c([2H])c(-c2cccc3c2-[n+]2cn(-c4[c-]c(Oc5[c-]c6c(cc5)c5ccccc5n6-c5cc(C([2H])([2H])[2H])ccn5)ccc4)c4cccc(c42)-c2c([2H])c([2H])c([2H])c([2H])c2-c2c([2H])c([2H])c([Si](c4c([2H])c([2H])c([2H])c([2H])c4[2H])(c4c([2H])c([2H])c([2H])c([2H])c4[2H])c4c([2H])c([2H])c([2H])c([2H])c4[2H])c([2H])c2-3)c([2H])c1[2H].[Pt]. The summed E-state index contributed by atoms with van der Waals surface area (Å²) in [7, 11) is -6.58. The van der Waals surface area contributed by atoms with Crippen LogP contribution in [0.1, 0.15) is 46.7 Å². The number of aromatic nitrogens is 4. The average molecular weight is 1250 g/mol. The van der Waals surface area contributed by atoms with Crippen molar-refractivity contribution in [2.45, 2.75) is 6.85 Å². The molecule has 0 spiro atoms. The van der Waals surface area contributed by atoms with E-state index in [1.165, 1.54) is 59.6 Å². The predicted octanol–water partition coefficient (Wildman–Crippen LogP) is 14.5. The molecule has 11 aromatic carbocycles. The molecule has 0 N–H and O–H groups in total. The number of rotatable bonds is 9. The van der Waals surface area contributed by atoms with Gasteiger partial charge in [0.05, 0.1) is 37.0 Å². The Hall–Kier alpha value is -9.45. The van der Waals surface area contributed by atoms with E-state index < -0.39 is 232 Å². The number of ether oxygens (including phenoxy) is 1. The number of benzene rings is 11. The maximum Gasteiger partial charge on any atom is 0.253 e.